The Morgan fingerprint density at radius 1 is 1.30 bits per heavy atom. The molecule has 106 valence electrons. The number of rotatable bonds is 3. The van der Waals surface area contributed by atoms with Crippen molar-refractivity contribution in [1.82, 2.24) is 5.43 Å². The van der Waals surface area contributed by atoms with Gasteiger partial charge in [-0.3, -0.25) is 10.2 Å². The highest BCUT2D eigenvalue weighted by Crippen LogP contribution is 2.41. The number of carboxylic acid groups (broad SMARTS) is 1. The highest BCUT2D eigenvalue weighted by atomic mass is 19.4. The van der Waals surface area contributed by atoms with Crippen molar-refractivity contribution in [2.24, 2.45) is 5.10 Å². The number of hydrazone groups is 1. The van der Waals surface area contributed by atoms with Gasteiger partial charge in [-0.15, -0.1) is 0 Å². The second kappa shape index (κ2) is 4.99. The van der Waals surface area contributed by atoms with E-state index >= 15 is 0 Å². The molecule has 0 amide bonds. The van der Waals surface area contributed by atoms with Gasteiger partial charge in [-0.2, -0.15) is 18.3 Å². The Hall–Kier alpha value is -2.31. The van der Waals surface area contributed by atoms with Gasteiger partial charge in [0.1, 0.15) is 0 Å². The number of nitrogens with one attached hydrogen (secondary N) is 1. The molecule has 4 nitrogen and oxygen atoms in total. The predicted molar refractivity (Wildman–Crippen MR) is 66.3 cm³/mol. The first-order chi connectivity index (χ1) is 9.35. The van der Waals surface area contributed by atoms with E-state index in [4.69, 9.17) is 5.11 Å². The van der Waals surface area contributed by atoms with Gasteiger partial charge in [-0.05, 0) is 23.3 Å². The molecule has 2 rings (SSSR count). The first-order valence-corrected chi connectivity index (χ1v) is 5.71. The summed E-state index contributed by atoms with van der Waals surface area (Å²) in [4.78, 5) is 10.6. The monoisotopic (exact) mass is 284 g/mol. The Labute approximate surface area is 112 Å². The summed E-state index contributed by atoms with van der Waals surface area (Å²) in [5.41, 5.74) is 0.0884. The maximum atomic E-state index is 13.3. The van der Waals surface area contributed by atoms with Crippen LogP contribution in [0.4, 0.5) is 13.2 Å². The van der Waals surface area contributed by atoms with E-state index < -0.39 is 17.7 Å². The van der Waals surface area contributed by atoms with Gasteiger partial charge in [-0.25, -0.2) is 0 Å². The Morgan fingerprint density at radius 2 is 1.95 bits per heavy atom. The fourth-order valence-corrected chi connectivity index (χ4v) is 1.95. The second-order valence-electron chi connectivity index (χ2n) is 4.32. The first-order valence-electron chi connectivity index (χ1n) is 5.71. The van der Waals surface area contributed by atoms with E-state index in [9.17, 15) is 18.0 Å². The van der Waals surface area contributed by atoms with Crippen LogP contribution in [-0.4, -0.2) is 23.5 Å². The molecule has 0 fully saturated rings. The van der Waals surface area contributed by atoms with Crippen molar-refractivity contribution in [1.29, 1.82) is 0 Å². The average molecular weight is 284 g/mol. The van der Waals surface area contributed by atoms with Crippen molar-refractivity contribution >= 4 is 12.2 Å². The maximum absolute atomic E-state index is 13.3. The number of halogens is 3. The average Bonchev–Trinajstić information content (AvgIpc) is 2.38. The molecule has 1 heterocycles. The van der Waals surface area contributed by atoms with E-state index in [-0.39, 0.29) is 12.0 Å². The largest absolute Gasteiger partial charge is 0.481 e. The molecule has 1 aromatic carbocycles. The summed E-state index contributed by atoms with van der Waals surface area (Å²) in [7, 11) is 0. The van der Waals surface area contributed by atoms with Gasteiger partial charge in [0.2, 0.25) is 0 Å². The summed E-state index contributed by atoms with van der Waals surface area (Å²) in [6.07, 6.45) is -1.39. The molecule has 0 bridgehead atoms. The van der Waals surface area contributed by atoms with Gasteiger partial charge in [0, 0.05) is 6.21 Å². The van der Waals surface area contributed by atoms with Crippen molar-refractivity contribution in [2.75, 3.05) is 0 Å². The molecule has 0 aromatic heterocycles. The Kier molecular flexibility index (Phi) is 3.52. The van der Waals surface area contributed by atoms with Gasteiger partial charge >= 0.3 is 12.1 Å². The molecule has 1 aliphatic heterocycles. The molecule has 1 unspecified atom stereocenters. The number of allylic oxidation sites excluding steroid dienone is 1. The first kappa shape index (κ1) is 14.1. The second-order valence-corrected chi connectivity index (χ2v) is 4.32. The van der Waals surface area contributed by atoms with Gasteiger partial charge in [0.25, 0.3) is 0 Å². The molecule has 20 heavy (non-hydrogen) atoms. The molecule has 0 radical (unpaired) electrons. The Balaban J connectivity index is 2.38. The van der Waals surface area contributed by atoms with Crippen molar-refractivity contribution in [3.05, 3.63) is 47.5 Å². The van der Waals surface area contributed by atoms with Crippen molar-refractivity contribution in [2.45, 2.75) is 18.1 Å². The smallest absolute Gasteiger partial charge is 0.420 e. The number of carboxylic acids is 1. The van der Waals surface area contributed by atoms with Crippen LogP contribution in [0.15, 0.2) is 41.5 Å². The van der Waals surface area contributed by atoms with Crippen LogP contribution in [0.2, 0.25) is 0 Å². The maximum Gasteiger partial charge on any atom is 0.420 e. The number of carbonyl (C=O) groups is 1. The zero-order chi connectivity index (χ0) is 14.8. The molecule has 1 atom stereocenters. The highest BCUT2D eigenvalue weighted by molar-refractivity contribution is 5.73. The molecule has 0 spiro atoms. The lowest BCUT2D eigenvalue weighted by atomic mass is 9.88. The van der Waals surface area contributed by atoms with Gasteiger partial charge in [-0.1, -0.05) is 24.3 Å². The van der Waals surface area contributed by atoms with Gasteiger partial charge in [0.15, 0.2) is 5.54 Å². The zero-order valence-corrected chi connectivity index (χ0v) is 10.2. The standard InChI is InChI=1S/C13H11F3N2O2/c14-13(15,16)12(6-1-7-17-18-12)10-4-2-9(3-5-10)8-11(19)20/h1-7,18H,8H2,(H,19,20). The van der Waals surface area contributed by atoms with Crippen molar-refractivity contribution < 1.29 is 23.1 Å². The molecule has 1 aliphatic rings. The SMILES string of the molecule is O=C(O)Cc1ccc(C2(C(F)(F)F)C=CC=NN2)cc1. The van der Waals surface area contributed by atoms with E-state index in [0.29, 0.717) is 5.56 Å². The molecule has 1 aromatic rings. The lowest BCUT2D eigenvalue weighted by Gasteiger charge is -2.34. The molecule has 0 saturated carbocycles. The number of benzene rings is 1. The topological polar surface area (TPSA) is 61.7 Å². The third-order valence-corrected chi connectivity index (χ3v) is 2.96. The summed E-state index contributed by atoms with van der Waals surface area (Å²) in [6, 6.07) is 5.24. The zero-order valence-electron chi connectivity index (χ0n) is 10.2. The Bertz CT molecular complexity index is 564. The number of nitrogens with zero attached hydrogens (tertiary/aromatic N) is 1. The van der Waals surface area contributed by atoms with Gasteiger partial charge < -0.3 is 5.11 Å². The van der Waals surface area contributed by atoms with Crippen LogP contribution in [0.5, 0.6) is 0 Å². The normalized spacial score (nSPS) is 21.6. The van der Waals surface area contributed by atoms with Crippen LogP contribution in [0.25, 0.3) is 0 Å². The van der Waals surface area contributed by atoms with Crippen LogP contribution in [0.3, 0.4) is 0 Å². The fourth-order valence-electron chi connectivity index (χ4n) is 1.95. The van der Waals surface area contributed by atoms with Crippen LogP contribution in [-0.2, 0) is 16.8 Å². The summed E-state index contributed by atoms with van der Waals surface area (Å²) >= 11 is 0. The molecular formula is C13H11F3N2O2. The molecule has 7 heteroatoms. The number of alkyl halides is 3. The van der Waals surface area contributed by atoms with E-state index in [1.807, 2.05) is 0 Å². The minimum atomic E-state index is -4.57. The van der Waals surface area contributed by atoms with Crippen LogP contribution in [0, 0.1) is 0 Å². The van der Waals surface area contributed by atoms with E-state index in [1.54, 1.807) is 0 Å². The fraction of sp³-hybridized carbons (Fsp3) is 0.231. The summed E-state index contributed by atoms with van der Waals surface area (Å²) in [6.45, 7) is 0. The van der Waals surface area contributed by atoms with E-state index in [0.717, 1.165) is 6.08 Å². The summed E-state index contributed by atoms with van der Waals surface area (Å²) < 4.78 is 39.9. The number of aliphatic carboxylic acids is 1. The Morgan fingerprint density at radius 3 is 2.40 bits per heavy atom. The third kappa shape index (κ3) is 2.52. The van der Waals surface area contributed by atoms with Gasteiger partial charge in [0.05, 0.1) is 6.42 Å². The van der Waals surface area contributed by atoms with Crippen LogP contribution >= 0.6 is 0 Å². The highest BCUT2D eigenvalue weighted by Gasteiger charge is 2.55. The predicted octanol–water partition coefficient (Wildman–Crippen LogP) is 2.22. The molecule has 2 N–H and O–H groups in total. The third-order valence-electron chi connectivity index (χ3n) is 2.96. The van der Waals surface area contributed by atoms with Crippen LogP contribution in [0.1, 0.15) is 11.1 Å². The molecular weight excluding hydrogens is 273 g/mol. The molecule has 0 saturated heterocycles. The van der Waals surface area contributed by atoms with E-state index in [1.165, 1.54) is 36.6 Å². The quantitative estimate of drug-likeness (QED) is 0.894. The lowest BCUT2D eigenvalue weighted by Crippen LogP contribution is -2.51. The molecule has 0 aliphatic carbocycles. The minimum absolute atomic E-state index is 0.0489. The summed E-state index contributed by atoms with van der Waals surface area (Å²) in [5.74, 6) is -1.04. The van der Waals surface area contributed by atoms with E-state index in [2.05, 4.69) is 10.5 Å². The minimum Gasteiger partial charge on any atom is -0.481 e. The lowest BCUT2D eigenvalue weighted by molar-refractivity contribution is -0.185. The van der Waals surface area contributed by atoms with Crippen LogP contribution < -0.4 is 5.43 Å². The number of hydrogen-bond donors (Lipinski definition) is 2. The van der Waals surface area contributed by atoms with Crippen molar-refractivity contribution in [3.63, 3.8) is 0 Å². The number of hydrogen-bond acceptors (Lipinski definition) is 3. The summed E-state index contributed by atoms with van der Waals surface area (Å²) in [5, 5.41) is 12.1. The van der Waals surface area contributed by atoms with Crippen molar-refractivity contribution in [3.8, 4) is 0 Å².